The predicted octanol–water partition coefficient (Wildman–Crippen LogP) is 3.68. The third-order valence-corrected chi connectivity index (χ3v) is 3.51. The fraction of sp³-hybridized carbons (Fsp3) is 0.143. The standard InChI is InChI=1S/C14H13Cl2N3S/c15-10-5-4-9(11(16)8-10)6-7-18-13-3-1-2-12(19-13)14(17)20/h1-5,8H,6-7H2,(H2,17,20)(H,18,19). The Morgan fingerprint density at radius 1 is 1.25 bits per heavy atom. The fourth-order valence-electron chi connectivity index (χ4n) is 1.72. The number of benzene rings is 1. The number of anilines is 1. The molecule has 0 unspecified atom stereocenters. The summed E-state index contributed by atoms with van der Waals surface area (Å²) in [7, 11) is 0. The molecule has 3 N–H and O–H groups in total. The molecule has 0 spiro atoms. The molecule has 3 nitrogen and oxygen atoms in total. The van der Waals surface area contributed by atoms with Crippen LogP contribution in [0.1, 0.15) is 11.3 Å². The first-order chi connectivity index (χ1) is 9.56. The number of hydrogen-bond acceptors (Lipinski definition) is 3. The number of nitrogens with one attached hydrogen (secondary N) is 1. The molecule has 1 aromatic heterocycles. The van der Waals surface area contributed by atoms with Gasteiger partial charge in [0.2, 0.25) is 0 Å². The molecular weight excluding hydrogens is 313 g/mol. The van der Waals surface area contributed by atoms with Crippen LogP contribution in [0.25, 0.3) is 0 Å². The van der Waals surface area contributed by atoms with Gasteiger partial charge in [-0.25, -0.2) is 4.98 Å². The average Bonchev–Trinajstić information content (AvgIpc) is 2.41. The van der Waals surface area contributed by atoms with Gasteiger partial charge in [0, 0.05) is 16.6 Å². The normalized spacial score (nSPS) is 10.3. The first-order valence-electron chi connectivity index (χ1n) is 6.01. The minimum Gasteiger partial charge on any atom is -0.388 e. The van der Waals surface area contributed by atoms with Gasteiger partial charge >= 0.3 is 0 Å². The van der Waals surface area contributed by atoms with Crippen molar-refractivity contribution in [1.29, 1.82) is 0 Å². The second-order valence-electron chi connectivity index (χ2n) is 4.18. The lowest BCUT2D eigenvalue weighted by molar-refractivity contribution is 1.01. The monoisotopic (exact) mass is 325 g/mol. The van der Waals surface area contributed by atoms with Gasteiger partial charge in [-0.3, -0.25) is 0 Å². The van der Waals surface area contributed by atoms with Crippen molar-refractivity contribution < 1.29 is 0 Å². The van der Waals surface area contributed by atoms with Gasteiger partial charge in [-0.1, -0.05) is 47.6 Å². The molecule has 0 saturated carbocycles. The number of hydrogen-bond donors (Lipinski definition) is 2. The lowest BCUT2D eigenvalue weighted by atomic mass is 10.1. The molecule has 0 aliphatic heterocycles. The zero-order valence-corrected chi connectivity index (χ0v) is 12.9. The molecule has 2 aromatic rings. The van der Waals surface area contributed by atoms with E-state index in [0.717, 1.165) is 17.8 Å². The predicted molar refractivity (Wildman–Crippen MR) is 88.8 cm³/mol. The van der Waals surface area contributed by atoms with Crippen LogP contribution in [0, 0.1) is 0 Å². The zero-order valence-electron chi connectivity index (χ0n) is 10.6. The molecule has 0 atom stereocenters. The van der Waals surface area contributed by atoms with Crippen molar-refractivity contribution in [1.82, 2.24) is 4.98 Å². The second kappa shape index (κ2) is 6.88. The molecular formula is C14H13Cl2N3S. The van der Waals surface area contributed by atoms with Crippen molar-refractivity contribution in [3.8, 4) is 0 Å². The van der Waals surface area contributed by atoms with Crippen LogP contribution in [0.15, 0.2) is 36.4 Å². The largest absolute Gasteiger partial charge is 0.388 e. The summed E-state index contributed by atoms with van der Waals surface area (Å²) >= 11 is 16.9. The van der Waals surface area contributed by atoms with E-state index < -0.39 is 0 Å². The van der Waals surface area contributed by atoms with E-state index in [4.69, 9.17) is 41.2 Å². The van der Waals surface area contributed by atoms with Crippen molar-refractivity contribution in [3.05, 3.63) is 57.7 Å². The Morgan fingerprint density at radius 2 is 2.05 bits per heavy atom. The van der Waals surface area contributed by atoms with Gasteiger partial charge in [-0.15, -0.1) is 0 Å². The van der Waals surface area contributed by atoms with Gasteiger partial charge < -0.3 is 11.1 Å². The molecule has 0 fully saturated rings. The third kappa shape index (κ3) is 4.07. The highest BCUT2D eigenvalue weighted by atomic mass is 35.5. The number of nitrogens with two attached hydrogens (primary N) is 1. The first-order valence-corrected chi connectivity index (χ1v) is 7.17. The lowest BCUT2D eigenvalue weighted by Gasteiger charge is -2.08. The van der Waals surface area contributed by atoms with Gasteiger partial charge in [0.1, 0.15) is 10.8 Å². The van der Waals surface area contributed by atoms with Crippen LogP contribution in [0.5, 0.6) is 0 Å². The number of aromatic nitrogens is 1. The SMILES string of the molecule is NC(=S)c1cccc(NCCc2ccc(Cl)cc2Cl)n1. The van der Waals surface area contributed by atoms with Gasteiger partial charge in [-0.05, 0) is 36.2 Å². The zero-order chi connectivity index (χ0) is 14.5. The average molecular weight is 326 g/mol. The highest BCUT2D eigenvalue weighted by Crippen LogP contribution is 2.21. The highest BCUT2D eigenvalue weighted by Gasteiger charge is 2.03. The van der Waals surface area contributed by atoms with Crippen LogP contribution in [0.4, 0.5) is 5.82 Å². The highest BCUT2D eigenvalue weighted by molar-refractivity contribution is 7.80. The van der Waals surface area contributed by atoms with E-state index in [0.29, 0.717) is 22.3 Å². The van der Waals surface area contributed by atoms with Crippen LogP contribution in [-0.2, 0) is 6.42 Å². The summed E-state index contributed by atoms with van der Waals surface area (Å²) in [4.78, 5) is 4.60. The summed E-state index contributed by atoms with van der Waals surface area (Å²) in [6, 6.07) is 11.0. The maximum Gasteiger partial charge on any atom is 0.126 e. The van der Waals surface area contributed by atoms with E-state index in [1.165, 1.54) is 0 Å². The minimum absolute atomic E-state index is 0.286. The van der Waals surface area contributed by atoms with Crippen LogP contribution in [0.3, 0.4) is 0 Å². The number of rotatable bonds is 5. The van der Waals surface area contributed by atoms with Crippen molar-refractivity contribution in [2.75, 3.05) is 11.9 Å². The smallest absolute Gasteiger partial charge is 0.126 e. The molecule has 1 aromatic carbocycles. The lowest BCUT2D eigenvalue weighted by Crippen LogP contribution is -2.13. The minimum atomic E-state index is 0.286. The molecule has 104 valence electrons. The summed E-state index contributed by atoms with van der Waals surface area (Å²) in [6.07, 6.45) is 0.773. The molecule has 0 radical (unpaired) electrons. The van der Waals surface area contributed by atoms with Crippen LogP contribution >= 0.6 is 35.4 Å². The van der Waals surface area contributed by atoms with Gasteiger partial charge in [0.25, 0.3) is 0 Å². The maximum atomic E-state index is 6.12. The molecule has 2 rings (SSSR count). The molecule has 0 aliphatic rings. The Balaban J connectivity index is 1.96. The van der Waals surface area contributed by atoms with Crippen molar-refractivity contribution in [2.45, 2.75) is 6.42 Å². The quantitative estimate of drug-likeness (QED) is 0.823. The van der Waals surface area contributed by atoms with E-state index in [1.807, 2.05) is 24.3 Å². The third-order valence-electron chi connectivity index (χ3n) is 2.72. The number of nitrogens with zero attached hydrogens (tertiary/aromatic N) is 1. The summed E-state index contributed by atoms with van der Waals surface area (Å²) in [5.41, 5.74) is 7.19. The molecule has 0 saturated heterocycles. The van der Waals surface area contributed by atoms with Crippen LogP contribution < -0.4 is 11.1 Å². The van der Waals surface area contributed by atoms with E-state index in [2.05, 4.69) is 10.3 Å². The number of halogens is 2. The molecule has 0 bridgehead atoms. The summed E-state index contributed by atoms with van der Waals surface area (Å²) in [6.45, 7) is 0.704. The topological polar surface area (TPSA) is 50.9 Å². The Kier molecular flexibility index (Phi) is 5.17. The Labute approximate surface area is 133 Å². The van der Waals surface area contributed by atoms with Gasteiger partial charge in [0.15, 0.2) is 0 Å². The molecule has 0 aliphatic carbocycles. The molecule has 0 amide bonds. The fourth-order valence-corrected chi connectivity index (χ4v) is 2.34. The van der Waals surface area contributed by atoms with Crippen molar-refractivity contribution in [2.24, 2.45) is 5.73 Å². The van der Waals surface area contributed by atoms with Crippen molar-refractivity contribution >= 4 is 46.2 Å². The van der Waals surface area contributed by atoms with Gasteiger partial charge in [-0.2, -0.15) is 0 Å². The number of thiocarbonyl (C=S) groups is 1. The summed E-state index contributed by atoms with van der Waals surface area (Å²) in [5.74, 6) is 0.736. The molecule has 20 heavy (non-hydrogen) atoms. The summed E-state index contributed by atoms with van der Waals surface area (Å²) in [5, 5.41) is 4.52. The van der Waals surface area contributed by atoms with Crippen LogP contribution in [-0.4, -0.2) is 16.5 Å². The van der Waals surface area contributed by atoms with Crippen molar-refractivity contribution in [3.63, 3.8) is 0 Å². The van der Waals surface area contributed by atoms with E-state index in [9.17, 15) is 0 Å². The van der Waals surface area contributed by atoms with E-state index in [-0.39, 0.29) is 4.99 Å². The van der Waals surface area contributed by atoms with E-state index in [1.54, 1.807) is 12.1 Å². The number of pyridine rings is 1. The van der Waals surface area contributed by atoms with Crippen LogP contribution in [0.2, 0.25) is 10.0 Å². The first kappa shape index (κ1) is 15.0. The molecule has 1 heterocycles. The second-order valence-corrected chi connectivity index (χ2v) is 5.47. The Bertz CT molecular complexity index is 632. The maximum absolute atomic E-state index is 6.12. The Hall–Kier alpha value is -1.36. The van der Waals surface area contributed by atoms with E-state index >= 15 is 0 Å². The van der Waals surface area contributed by atoms with Gasteiger partial charge in [0.05, 0.1) is 5.69 Å². The molecule has 6 heteroatoms. The summed E-state index contributed by atoms with van der Waals surface area (Å²) < 4.78 is 0. The Morgan fingerprint density at radius 3 is 2.75 bits per heavy atom.